The van der Waals surface area contributed by atoms with Gasteiger partial charge in [-0.25, -0.2) is 13.2 Å². The third-order valence-electron chi connectivity index (χ3n) is 6.64. The number of carbonyl (C=O) groups is 2. The average Bonchev–Trinajstić information content (AvgIpc) is 3.34. The molecule has 1 aliphatic carbocycles. The Morgan fingerprint density at radius 3 is 2.53 bits per heavy atom. The van der Waals surface area contributed by atoms with E-state index in [1.807, 2.05) is 0 Å². The van der Waals surface area contributed by atoms with Gasteiger partial charge >= 0.3 is 6.18 Å². The summed E-state index contributed by atoms with van der Waals surface area (Å²) in [7, 11) is 0. The number of nitrogens with two attached hydrogens (primary N) is 1. The van der Waals surface area contributed by atoms with Crippen molar-refractivity contribution in [3.63, 3.8) is 0 Å². The Balaban J connectivity index is 1.69. The molecule has 0 saturated carbocycles. The van der Waals surface area contributed by atoms with Crippen molar-refractivity contribution in [2.45, 2.75) is 44.8 Å². The zero-order valence-electron chi connectivity index (χ0n) is 22.8. The van der Waals surface area contributed by atoms with Gasteiger partial charge in [-0.15, -0.1) is 0 Å². The number of nitrogens with zero attached hydrogens (tertiary/aromatic N) is 3. The van der Waals surface area contributed by atoms with E-state index in [0.29, 0.717) is 23.7 Å². The highest BCUT2D eigenvalue weighted by Gasteiger charge is 2.37. The van der Waals surface area contributed by atoms with E-state index in [1.165, 1.54) is 18.3 Å². The van der Waals surface area contributed by atoms with Crippen LogP contribution < -0.4 is 16.4 Å². The Hall–Kier alpha value is -4.46. The van der Waals surface area contributed by atoms with Gasteiger partial charge in [-0.2, -0.15) is 18.3 Å². The average molecular weight is 607 g/mol. The van der Waals surface area contributed by atoms with Crippen molar-refractivity contribution in [3.05, 3.63) is 101 Å². The van der Waals surface area contributed by atoms with Crippen molar-refractivity contribution in [2.75, 3.05) is 6.54 Å². The van der Waals surface area contributed by atoms with Gasteiger partial charge in [-0.1, -0.05) is 25.1 Å². The van der Waals surface area contributed by atoms with Gasteiger partial charge in [0.1, 0.15) is 24.4 Å². The highest BCUT2D eigenvalue weighted by Crippen LogP contribution is 2.32. The van der Waals surface area contributed by atoms with Crippen molar-refractivity contribution >= 4 is 17.4 Å². The fraction of sp³-hybridized carbons (Fsp3) is 0.310. The van der Waals surface area contributed by atoms with Crippen LogP contribution in [0.1, 0.15) is 41.0 Å². The lowest BCUT2D eigenvalue weighted by atomic mass is 9.88. The van der Waals surface area contributed by atoms with Gasteiger partial charge in [0.05, 0.1) is 17.7 Å². The summed E-state index contributed by atoms with van der Waals surface area (Å²) < 4.78 is 83.9. The molecule has 0 saturated heterocycles. The van der Waals surface area contributed by atoms with Crippen LogP contribution in [0.3, 0.4) is 0 Å². The van der Waals surface area contributed by atoms with Gasteiger partial charge < -0.3 is 16.4 Å². The summed E-state index contributed by atoms with van der Waals surface area (Å²) in [5.41, 5.74) is 5.14. The van der Waals surface area contributed by atoms with E-state index in [1.54, 1.807) is 19.1 Å². The van der Waals surface area contributed by atoms with Crippen molar-refractivity contribution in [2.24, 2.45) is 11.7 Å². The molecule has 0 radical (unpaired) electrons. The summed E-state index contributed by atoms with van der Waals surface area (Å²) in [6.45, 7) is 1.41. The molecule has 0 fully saturated rings. The number of allylic oxidation sites excluding steroid dienone is 3. The Morgan fingerprint density at radius 1 is 1.16 bits per heavy atom. The van der Waals surface area contributed by atoms with E-state index < -0.39 is 60.0 Å². The van der Waals surface area contributed by atoms with Crippen LogP contribution >= 0.6 is 0 Å². The highest BCUT2D eigenvalue weighted by atomic mass is 19.4. The van der Waals surface area contributed by atoms with E-state index in [4.69, 9.17) is 5.73 Å². The zero-order chi connectivity index (χ0) is 31.3. The molecule has 2 heterocycles. The standard InChI is InChI=1S/C29H28F6N6O2/c1-2-37-13-18-14-41(40-27(18)29(33,34)35)15-25(42)39-24(10-16-8-19(30)12-20(31)9-16)26-21(4-3-7-38-26)17-5-6-23(32)22(11-17)28(36)43/h3-9,11-12,14,22-24,37H,2,10,13,15H2,1H3,(H2,36,43)(H,39,42)/t22?,23?,24-/m0/s1. The van der Waals surface area contributed by atoms with Crippen molar-refractivity contribution in [3.8, 4) is 0 Å². The number of hydrogen-bond donors (Lipinski definition) is 3. The maximum atomic E-state index is 14.3. The number of nitrogens with one attached hydrogen (secondary N) is 2. The lowest BCUT2D eigenvalue weighted by Crippen LogP contribution is -2.34. The largest absolute Gasteiger partial charge is 0.435 e. The molecule has 14 heteroatoms. The minimum Gasteiger partial charge on any atom is -0.369 e. The number of primary amides is 1. The molecule has 228 valence electrons. The molecular formula is C29H28F6N6O2. The second kappa shape index (κ2) is 13.2. The molecule has 1 aromatic carbocycles. The van der Waals surface area contributed by atoms with Crippen LogP contribution in [0, 0.1) is 17.6 Å². The Morgan fingerprint density at radius 2 is 1.88 bits per heavy atom. The number of halogens is 6. The predicted octanol–water partition coefficient (Wildman–Crippen LogP) is 4.18. The van der Waals surface area contributed by atoms with Gasteiger partial charge in [0.2, 0.25) is 11.8 Å². The Labute approximate surface area is 242 Å². The first-order valence-electron chi connectivity index (χ1n) is 13.2. The van der Waals surface area contributed by atoms with Crippen LogP contribution in [0.15, 0.2) is 61.0 Å². The third-order valence-corrected chi connectivity index (χ3v) is 6.64. The number of pyridine rings is 1. The van der Waals surface area contributed by atoms with Gasteiger partial charge in [-0.3, -0.25) is 19.3 Å². The molecule has 4 rings (SSSR count). The molecule has 8 nitrogen and oxygen atoms in total. The summed E-state index contributed by atoms with van der Waals surface area (Å²) in [6, 6.07) is 4.90. The first-order valence-corrected chi connectivity index (χ1v) is 13.2. The Kier molecular flexibility index (Phi) is 9.69. The second-order valence-corrected chi connectivity index (χ2v) is 9.87. The maximum absolute atomic E-state index is 14.3. The molecule has 0 bridgehead atoms. The number of amides is 2. The fourth-order valence-corrected chi connectivity index (χ4v) is 4.75. The summed E-state index contributed by atoms with van der Waals surface area (Å²) in [6.07, 6.45) is -0.173. The zero-order valence-corrected chi connectivity index (χ0v) is 22.8. The van der Waals surface area contributed by atoms with Crippen molar-refractivity contribution in [1.29, 1.82) is 0 Å². The number of hydrogen-bond acceptors (Lipinski definition) is 5. The molecule has 2 aromatic heterocycles. The summed E-state index contributed by atoms with van der Waals surface area (Å²) in [5.74, 6) is -4.65. The number of benzene rings is 1. The smallest absolute Gasteiger partial charge is 0.369 e. The van der Waals surface area contributed by atoms with Gasteiger partial charge in [-0.05, 0) is 48.4 Å². The third kappa shape index (κ3) is 7.89. The minimum absolute atomic E-state index is 0.118. The molecule has 2 amide bonds. The predicted molar refractivity (Wildman–Crippen MR) is 144 cm³/mol. The lowest BCUT2D eigenvalue weighted by molar-refractivity contribution is -0.142. The highest BCUT2D eigenvalue weighted by molar-refractivity contribution is 5.86. The quantitative estimate of drug-likeness (QED) is 0.284. The molecule has 4 N–H and O–H groups in total. The van der Waals surface area contributed by atoms with E-state index >= 15 is 0 Å². The second-order valence-electron chi connectivity index (χ2n) is 9.87. The van der Waals surface area contributed by atoms with Crippen LogP contribution in [0.25, 0.3) is 5.57 Å². The SMILES string of the molecule is CCNCc1cn(CC(=O)N[C@@H](Cc2cc(F)cc(F)c2)c2ncccc2C2=CC(C(N)=O)C(F)C=C2)nc1C(F)(F)F. The van der Waals surface area contributed by atoms with E-state index in [0.717, 1.165) is 29.1 Å². The topological polar surface area (TPSA) is 115 Å². The van der Waals surface area contributed by atoms with Crippen molar-refractivity contribution in [1.82, 2.24) is 25.4 Å². The maximum Gasteiger partial charge on any atom is 0.435 e. The fourth-order valence-electron chi connectivity index (χ4n) is 4.75. The summed E-state index contributed by atoms with van der Waals surface area (Å²) in [4.78, 5) is 29.4. The number of alkyl halides is 4. The molecule has 0 spiro atoms. The Bertz CT molecular complexity index is 1530. The van der Waals surface area contributed by atoms with Crippen molar-refractivity contribution < 1.29 is 35.9 Å². The van der Waals surface area contributed by atoms with E-state index in [-0.39, 0.29) is 29.8 Å². The summed E-state index contributed by atoms with van der Waals surface area (Å²) in [5, 5.41) is 9.04. The minimum atomic E-state index is -4.75. The van der Waals surface area contributed by atoms with Gasteiger partial charge in [0.15, 0.2) is 5.69 Å². The first kappa shape index (κ1) is 31.5. The van der Waals surface area contributed by atoms with Crippen LogP contribution in [0.2, 0.25) is 0 Å². The molecule has 1 aliphatic rings. The molecular weight excluding hydrogens is 578 g/mol. The molecule has 3 atom stereocenters. The molecule has 3 aromatic rings. The van der Waals surface area contributed by atoms with Crippen LogP contribution in [0.5, 0.6) is 0 Å². The molecule has 2 unspecified atom stereocenters. The number of aromatic nitrogens is 3. The van der Waals surface area contributed by atoms with E-state index in [9.17, 15) is 35.9 Å². The normalized spacial score (nSPS) is 17.4. The van der Waals surface area contributed by atoms with Crippen LogP contribution in [-0.2, 0) is 35.3 Å². The van der Waals surface area contributed by atoms with Crippen LogP contribution in [0.4, 0.5) is 26.3 Å². The number of carbonyl (C=O) groups excluding carboxylic acids is 2. The van der Waals surface area contributed by atoms with Gasteiger partial charge in [0, 0.05) is 36.1 Å². The first-order chi connectivity index (χ1) is 20.3. The monoisotopic (exact) mass is 606 g/mol. The summed E-state index contributed by atoms with van der Waals surface area (Å²) >= 11 is 0. The van der Waals surface area contributed by atoms with E-state index in [2.05, 4.69) is 20.7 Å². The molecule has 0 aliphatic heterocycles. The number of rotatable bonds is 11. The van der Waals surface area contributed by atoms with Gasteiger partial charge in [0.25, 0.3) is 0 Å². The molecule has 43 heavy (non-hydrogen) atoms. The van der Waals surface area contributed by atoms with Crippen LogP contribution in [-0.4, -0.2) is 39.3 Å². The lowest BCUT2D eigenvalue weighted by Gasteiger charge is -2.24.